The molecule has 1 unspecified atom stereocenters. The highest BCUT2D eigenvalue weighted by Gasteiger charge is 2.23. The van der Waals surface area contributed by atoms with Crippen LogP contribution in [0.1, 0.15) is 17.4 Å². The van der Waals surface area contributed by atoms with E-state index in [2.05, 4.69) is 21.0 Å². The highest BCUT2D eigenvalue weighted by Crippen LogP contribution is 2.41. The summed E-state index contributed by atoms with van der Waals surface area (Å²) < 4.78 is 12.7. The molecule has 7 heteroatoms. The lowest BCUT2D eigenvalue weighted by atomic mass is 10.1. The summed E-state index contributed by atoms with van der Waals surface area (Å²) in [5.74, 6) is 0.904. The molecule has 0 aliphatic carbocycles. The number of aromatic nitrogens is 2. The monoisotopic (exact) mass is 360 g/mol. The minimum atomic E-state index is -0.927. The van der Waals surface area contributed by atoms with E-state index in [1.165, 1.54) is 14.2 Å². The van der Waals surface area contributed by atoms with Gasteiger partial charge in [-0.3, -0.25) is 4.68 Å². The fourth-order valence-electron chi connectivity index (χ4n) is 1.99. The van der Waals surface area contributed by atoms with Gasteiger partial charge in [0.25, 0.3) is 0 Å². The second-order valence-corrected chi connectivity index (χ2v) is 5.34. The van der Waals surface area contributed by atoms with Gasteiger partial charge in [-0.2, -0.15) is 5.10 Å². The number of aliphatic hydroxyl groups is 1. The van der Waals surface area contributed by atoms with E-state index in [1.54, 1.807) is 30.1 Å². The molecule has 0 saturated heterocycles. The topological polar surface area (TPSA) is 56.5 Å². The maximum Gasteiger partial charge on any atom is 0.179 e. The van der Waals surface area contributed by atoms with E-state index in [9.17, 15) is 5.11 Å². The number of rotatable bonds is 4. The molecule has 0 bridgehead atoms. The fourth-order valence-corrected chi connectivity index (χ4v) is 2.89. The van der Waals surface area contributed by atoms with Gasteiger partial charge >= 0.3 is 0 Å². The van der Waals surface area contributed by atoms with Crippen LogP contribution < -0.4 is 9.47 Å². The third-order valence-corrected chi connectivity index (χ3v) is 4.01. The van der Waals surface area contributed by atoms with Crippen molar-refractivity contribution in [2.75, 3.05) is 14.2 Å². The molecular formula is C13H14BrClN2O3. The van der Waals surface area contributed by atoms with E-state index in [-0.39, 0.29) is 0 Å². The Morgan fingerprint density at radius 2 is 2.05 bits per heavy atom. The summed E-state index contributed by atoms with van der Waals surface area (Å²) in [5.41, 5.74) is 1.13. The molecule has 0 amide bonds. The van der Waals surface area contributed by atoms with Gasteiger partial charge in [0.05, 0.1) is 35.6 Å². The SMILES string of the molecule is COc1ccc(C(O)c2c(Br)cnn2C)c(Cl)c1OC. The Kier molecular flexibility index (Phi) is 4.57. The lowest BCUT2D eigenvalue weighted by molar-refractivity contribution is 0.208. The molecule has 1 atom stereocenters. The largest absolute Gasteiger partial charge is 0.493 e. The van der Waals surface area contributed by atoms with Crippen LogP contribution in [-0.4, -0.2) is 29.1 Å². The summed E-state index contributed by atoms with van der Waals surface area (Å²) in [6, 6.07) is 3.40. The van der Waals surface area contributed by atoms with Crippen LogP contribution in [0.4, 0.5) is 0 Å². The molecule has 1 N–H and O–H groups in total. The van der Waals surface area contributed by atoms with Crippen LogP contribution in [0, 0.1) is 0 Å². The summed E-state index contributed by atoms with van der Waals surface area (Å²) in [4.78, 5) is 0. The molecule has 108 valence electrons. The minimum Gasteiger partial charge on any atom is -0.493 e. The first-order valence-corrected chi connectivity index (χ1v) is 6.94. The normalized spacial score (nSPS) is 12.3. The maximum atomic E-state index is 10.5. The molecular weight excluding hydrogens is 348 g/mol. The minimum absolute atomic E-state index is 0.312. The zero-order valence-electron chi connectivity index (χ0n) is 11.2. The summed E-state index contributed by atoms with van der Waals surface area (Å²) in [5, 5.41) is 14.9. The molecule has 0 saturated carbocycles. The lowest BCUT2D eigenvalue weighted by Gasteiger charge is -2.17. The van der Waals surface area contributed by atoms with E-state index in [1.807, 2.05) is 0 Å². The summed E-state index contributed by atoms with van der Waals surface area (Å²) in [7, 11) is 4.78. The number of ether oxygens (including phenoxy) is 2. The molecule has 0 radical (unpaired) electrons. The van der Waals surface area contributed by atoms with Crippen LogP contribution in [-0.2, 0) is 7.05 Å². The van der Waals surface area contributed by atoms with Crippen LogP contribution in [0.2, 0.25) is 5.02 Å². The number of methoxy groups -OCH3 is 2. The number of nitrogens with zero attached hydrogens (tertiary/aromatic N) is 2. The number of hydrogen-bond donors (Lipinski definition) is 1. The number of aliphatic hydroxyl groups excluding tert-OH is 1. The Bertz CT molecular complexity index is 611. The van der Waals surface area contributed by atoms with Crippen molar-refractivity contribution >= 4 is 27.5 Å². The Balaban J connectivity index is 2.53. The van der Waals surface area contributed by atoms with Gasteiger partial charge in [0.2, 0.25) is 0 Å². The van der Waals surface area contributed by atoms with Gasteiger partial charge in [0.1, 0.15) is 6.10 Å². The fraction of sp³-hybridized carbons (Fsp3) is 0.308. The molecule has 1 aromatic heterocycles. The van der Waals surface area contributed by atoms with E-state index < -0.39 is 6.10 Å². The van der Waals surface area contributed by atoms with Gasteiger partial charge in [0.15, 0.2) is 11.5 Å². The first kappa shape index (κ1) is 15.2. The van der Waals surface area contributed by atoms with Gasteiger partial charge in [0, 0.05) is 12.6 Å². The quantitative estimate of drug-likeness (QED) is 0.910. The first-order valence-electron chi connectivity index (χ1n) is 5.77. The van der Waals surface area contributed by atoms with Crippen molar-refractivity contribution in [2.24, 2.45) is 7.05 Å². The second-order valence-electron chi connectivity index (χ2n) is 4.11. The summed E-state index contributed by atoms with van der Waals surface area (Å²) in [6.45, 7) is 0. The average Bonchev–Trinajstić information content (AvgIpc) is 2.77. The first-order chi connectivity index (χ1) is 9.51. The maximum absolute atomic E-state index is 10.5. The molecule has 2 rings (SSSR count). The standard InChI is InChI=1S/C13H14BrClN2O3/c1-17-11(8(14)6-16-17)12(18)7-4-5-9(19-2)13(20-3)10(7)15/h4-6,12,18H,1-3H3. The van der Waals surface area contributed by atoms with Gasteiger partial charge in [-0.25, -0.2) is 0 Å². The highest BCUT2D eigenvalue weighted by atomic mass is 79.9. The van der Waals surface area contributed by atoms with Crippen LogP contribution in [0.25, 0.3) is 0 Å². The molecule has 1 heterocycles. The average molecular weight is 362 g/mol. The zero-order valence-corrected chi connectivity index (χ0v) is 13.6. The van der Waals surface area contributed by atoms with Crippen molar-refractivity contribution in [3.8, 4) is 11.5 Å². The predicted molar refractivity (Wildman–Crippen MR) is 79.5 cm³/mol. The molecule has 5 nitrogen and oxygen atoms in total. The molecule has 2 aromatic rings. The van der Waals surface area contributed by atoms with E-state index in [0.29, 0.717) is 32.3 Å². The van der Waals surface area contributed by atoms with Crippen LogP contribution >= 0.6 is 27.5 Å². The molecule has 20 heavy (non-hydrogen) atoms. The summed E-state index contributed by atoms with van der Waals surface area (Å²) >= 11 is 9.66. The van der Waals surface area contributed by atoms with Crippen LogP contribution in [0.15, 0.2) is 22.8 Å². The number of hydrogen-bond acceptors (Lipinski definition) is 4. The number of aryl methyl sites for hydroxylation is 1. The van der Waals surface area contributed by atoms with Gasteiger partial charge < -0.3 is 14.6 Å². The van der Waals surface area contributed by atoms with E-state index >= 15 is 0 Å². The van der Waals surface area contributed by atoms with Crippen molar-refractivity contribution < 1.29 is 14.6 Å². The molecule has 1 aromatic carbocycles. The Morgan fingerprint density at radius 1 is 1.35 bits per heavy atom. The Labute approximate surface area is 130 Å². The molecule has 0 spiro atoms. The molecule has 0 aliphatic heterocycles. The van der Waals surface area contributed by atoms with Crippen LogP contribution in [0.3, 0.4) is 0 Å². The summed E-state index contributed by atoms with van der Waals surface area (Å²) in [6.07, 6.45) is 0.692. The highest BCUT2D eigenvalue weighted by molar-refractivity contribution is 9.10. The van der Waals surface area contributed by atoms with E-state index in [4.69, 9.17) is 21.1 Å². The van der Waals surface area contributed by atoms with E-state index in [0.717, 1.165) is 0 Å². The third-order valence-electron chi connectivity index (χ3n) is 3.01. The Hall–Kier alpha value is -1.24. The third kappa shape index (κ3) is 2.51. The lowest BCUT2D eigenvalue weighted by Crippen LogP contribution is -2.08. The van der Waals surface area contributed by atoms with Crippen molar-refractivity contribution in [3.05, 3.63) is 39.1 Å². The Morgan fingerprint density at radius 3 is 2.55 bits per heavy atom. The van der Waals surface area contributed by atoms with Crippen LogP contribution in [0.5, 0.6) is 11.5 Å². The zero-order chi connectivity index (χ0) is 14.9. The number of halogens is 2. The smallest absolute Gasteiger partial charge is 0.179 e. The van der Waals surface area contributed by atoms with Gasteiger partial charge in [-0.1, -0.05) is 17.7 Å². The van der Waals surface area contributed by atoms with Crippen molar-refractivity contribution in [1.82, 2.24) is 9.78 Å². The molecule has 0 aliphatic rings. The van der Waals surface area contributed by atoms with Gasteiger partial charge in [-0.05, 0) is 22.0 Å². The van der Waals surface area contributed by atoms with Crippen molar-refractivity contribution in [1.29, 1.82) is 0 Å². The second kappa shape index (κ2) is 6.03. The predicted octanol–water partition coefficient (Wildman–Crippen LogP) is 2.93. The number of benzene rings is 1. The molecule has 0 fully saturated rings. The van der Waals surface area contributed by atoms with Crippen molar-refractivity contribution in [2.45, 2.75) is 6.10 Å². The van der Waals surface area contributed by atoms with Gasteiger partial charge in [-0.15, -0.1) is 0 Å². The van der Waals surface area contributed by atoms with Crippen molar-refractivity contribution in [3.63, 3.8) is 0 Å².